The van der Waals surface area contributed by atoms with Crippen molar-refractivity contribution in [3.05, 3.63) is 28.2 Å². The minimum Gasteiger partial charge on any atom is -0.409 e. The van der Waals surface area contributed by atoms with Crippen LogP contribution in [0.1, 0.15) is 25.3 Å². The zero-order chi connectivity index (χ0) is 14.8. The number of amidine groups is 1. The average molecular weight is 342 g/mol. The monoisotopic (exact) mass is 341 g/mol. The van der Waals surface area contributed by atoms with Crippen LogP contribution in [0.15, 0.2) is 27.8 Å². The number of benzene rings is 1. The van der Waals surface area contributed by atoms with Crippen molar-refractivity contribution in [1.29, 1.82) is 0 Å². The fraction of sp³-hybridized carbons (Fsp3) is 0.385. The third kappa shape index (κ3) is 2.94. The molecule has 0 saturated carbocycles. The van der Waals surface area contributed by atoms with E-state index in [4.69, 9.17) is 15.7 Å². The number of amides is 1. The van der Waals surface area contributed by atoms with Gasteiger partial charge in [0.05, 0.1) is 5.69 Å². The molecule has 4 N–H and O–H groups in total. The second-order valence-electron chi connectivity index (χ2n) is 4.82. The lowest BCUT2D eigenvalue weighted by molar-refractivity contribution is -0.133. The highest BCUT2D eigenvalue weighted by Crippen LogP contribution is 2.29. The van der Waals surface area contributed by atoms with Crippen LogP contribution in [-0.4, -0.2) is 29.2 Å². The zero-order valence-corrected chi connectivity index (χ0v) is 12.6. The molecule has 0 radical (unpaired) electrons. The highest BCUT2D eigenvalue weighted by atomic mass is 79.9. The van der Waals surface area contributed by atoms with Crippen molar-refractivity contribution in [2.24, 2.45) is 10.9 Å². The van der Waals surface area contributed by atoms with Gasteiger partial charge in [0.2, 0.25) is 0 Å². The summed E-state index contributed by atoms with van der Waals surface area (Å²) >= 11 is 3.35. The molecule has 1 fully saturated rings. The van der Waals surface area contributed by atoms with Gasteiger partial charge < -0.3 is 21.0 Å². The Balaban J connectivity index is 2.16. The number of hydrogen-bond donors (Lipinski definition) is 3. The van der Waals surface area contributed by atoms with Gasteiger partial charge >= 0.3 is 0 Å². The van der Waals surface area contributed by atoms with E-state index in [1.807, 2.05) is 0 Å². The summed E-state index contributed by atoms with van der Waals surface area (Å²) in [5.74, 6) is -0.165. The molecule has 20 heavy (non-hydrogen) atoms. The lowest BCUT2D eigenvalue weighted by atomic mass is 10.0. The minimum atomic E-state index is -0.774. The third-order valence-electron chi connectivity index (χ3n) is 3.32. The van der Waals surface area contributed by atoms with Gasteiger partial charge in [-0.2, -0.15) is 0 Å². The first-order chi connectivity index (χ1) is 9.46. The highest BCUT2D eigenvalue weighted by Gasteiger charge is 2.37. The molecule has 1 aliphatic heterocycles. The summed E-state index contributed by atoms with van der Waals surface area (Å²) in [6, 6.07) is 5.02. The van der Waals surface area contributed by atoms with Crippen LogP contribution in [0.2, 0.25) is 0 Å². The molecule has 1 saturated heterocycles. The summed E-state index contributed by atoms with van der Waals surface area (Å²) in [5.41, 5.74) is 5.90. The Kier molecular flexibility index (Phi) is 4.29. The van der Waals surface area contributed by atoms with Crippen LogP contribution in [0.25, 0.3) is 0 Å². The molecule has 1 heterocycles. The normalized spacial score (nSPS) is 22.8. The Morgan fingerprint density at radius 2 is 2.35 bits per heavy atom. The van der Waals surface area contributed by atoms with Gasteiger partial charge in [-0.15, -0.1) is 0 Å². The molecule has 0 spiro atoms. The van der Waals surface area contributed by atoms with E-state index in [0.717, 1.165) is 6.42 Å². The molecule has 6 nitrogen and oxygen atoms in total. The second-order valence-corrected chi connectivity index (χ2v) is 5.67. The predicted molar refractivity (Wildman–Crippen MR) is 78.9 cm³/mol. The van der Waals surface area contributed by atoms with Crippen molar-refractivity contribution in [3.8, 4) is 0 Å². The number of oxime groups is 1. The maximum absolute atomic E-state index is 12.2. The highest BCUT2D eigenvalue weighted by molar-refractivity contribution is 9.10. The first-order valence-electron chi connectivity index (χ1n) is 6.19. The molecule has 1 aliphatic rings. The molecule has 0 bridgehead atoms. The largest absolute Gasteiger partial charge is 0.409 e. The lowest BCUT2D eigenvalue weighted by Gasteiger charge is -2.22. The van der Waals surface area contributed by atoms with Crippen molar-refractivity contribution in [3.63, 3.8) is 0 Å². The van der Waals surface area contributed by atoms with E-state index in [2.05, 4.69) is 26.4 Å². The maximum Gasteiger partial charge on any atom is 0.256 e. The number of anilines is 1. The molecule has 1 unspecified atom stereocenters. The summed E-state index contributed by atoms with van der Waals surface area (Å²) in [5, 5.41) is 14.4. The Bertz CT molecular complexity index is 554. The van der Waals surface area contributed by atoms with E-state index in [9.17, 15) is 4.79 Å². The van der Waals surface area contributed by atoms with Crippen LogP contribution in [-0.2, 0) is 9.53 Å². The van der Waals surface area contributed by atoms with Crippen LogP contribution in [0.5, 0.6) is 0 Å². The Labute approximate surface area is 125 Å². The second kappa shape index (κ2) is 5.80. The van der Waals surface area contributed by atoms with E-state index in [0.29, 0.717) is 28.8 Å². The van der Waals surface area contributed by atoms with E-state index in [1.54, 1.807) is 25.1 Å². The molecule has 108 valence electrons. The molecule has 0 aliphatic carbocycles. The maximum atomic E-state index is 12.2. The van der Waals surface area contributed by atoms with Crippen molar-refractivity contribution in [1.82, 2.24) is 0 Å². The first-order valence-corrected chi connectivity index (χ1v) is 6.98. The molecule has 0 aromatic heterocycles. The predicted octanol–water partition coefficient (Wildman–Crippen LogP) is 2.05. The van der Waals surface area contributed by atoms with E-state index in [-0.39, 0.29) is 11.7 Å². The van der Waals surface area contributed by atoms with Gasteiger partial charge in [0.15, 0.2) is 5.84 Å². The van der Waals surface area contributed by atoms with Crippen LogP contribution in [0.3, 0.4) is 0 Å². The van der Waals surface area contributed by atoms with Crippen molar-refractivity contribution in [2.45, 2.75) is 25.4 Å². The molecule has 1 aromatic carbocycles. The fourth-order valence-electron chi connectivity index (χ4n) is 2.05. The Morgan fingerprint density at radius 1 is 1.60 bits per heavy atom. The van der Waals surface area contributed by atoms with E-state index >= 15 is 0 Å². The molecular weight excluding hydrogens is 326 g/mol. The van der Waals surface area contributed by atoms with Crippen molar-refractivity contribution in [2.75, 3.05) is 11.9 Å². The molecule has 2 rings (SSSR count). The quantitative estimate of drug-likeness (QED) is 0.339. The summed E-state index contributed by atoms with van der Waals surface area (Å²) < 4.78 is 6.14. The first kappa shape index (κ1) is 14.8. The SMILES string of the molecule is CC1(C(=O)Nc2ccc(/C(N)=N/O)cc2Br)CCCO1. The number of nitrogens with two attached hydrogens (primary N) is 1. The standard InChI is InChI=1S/C13H16BrN3O3/c1-13(5-2-6-20-13)12(18)16-10-4-3-8(7-9(10)14)11(15)17-19/h3-4,7,19H,2,5-6H2,1H3,(H2,15,17)(H,16,18). The van der Waals surface area contributed by atoms with Crippen LogP contribution < -0.4 is 11.1 Å². The van der Waals surface area contributed by atoms with Crippen LogP contribution in [0, 0.1) is 0 Å². The van der Waals surface area contributed by atoms with Gasteiger partial charge in [0.1, 0.15) is 5.60 Å². The number of halogens is 1. The van der Waals surface area contributed by atoms with E-state index < -0.39 is 5.60 Å². The van der Waals surface area contributed by atoms with Crippen molar-refractivity contribution < 1.29 is 14.7 Å². The van der Waals surface area contributed by atoms with E-state index in [1.165, 1.54) is 0 Å². The molecule has 1 amide bonds. The number of carbonyl (C=O) groups is 1. The van der Waals surface area contributed by atoms with Crippen molar-refractivity contribution >= 4 is 33.4 Å². The van der Waals surface area contributed by atoms with Gasteiger partial charge in [-0.1, -0.05) is 5.16 Å². The number of nitrogens with zero attached hydrogens (tertiary/aromatic N) is 1. The minimum absolute atomic E-state index is 0.00895. The smallest absolute Gasteiger partial charge is 0.256 e. The summed E-state index contributed by atoms with van der Waals surface area (Å²) in [4.78, 5) is 12.2. The number of carbonyl (C=O) groups excluding carboxylic acids is 1. The van der Waals surface area contributed by atoms with Crippen LogP contribution >= 0.6 is 15.9 Å². The van der Waals surface area contributed by atoms with Crippen LogP contribution in [0.4, 0.5) is 5.69 Å². The van der Waals surface area contributed by atoms with Gasteiger partial charge in [0.25, 0.3) is 5.91 Å². The van der Waals surface area contributed by atoms with Gasteiger partial charge in [-0.05, 0) is 53.9 Å². The van der Waals surface area contributed by atoms with Gasteiger partial charge in [0, 0.05) is 16.6 Å². The molecular formula is C13H16BrN3O3. The number of hydrogen-bond acceptors (Lipinski definition) is 4. The Morgan fingerprint density at radius 3 is 2.90 bits per heavy atom. The van der Waals surface area contributed by atoms with Gasteiger partial charge in [-0.3, -0.25) is 4.79 Å². The van der Waals surface area contributed by atoms with Gasteiger partial charge in [-0.25, -0.2) is 0 Å². The third-order valence-corrected chi connectivity index (χ3v) is 3.98. The molecule has 1 atom stereocenters. The molecule has 7 heteroatoms. The number of nitrogens with one attached hydrogen (secondary N) is 1. The number of rotatable bonds is 3. The summed E-state index contributed by atoms with van der Waals surface area (Å²) in [6.07, 6.45) is 1.59. The average Bonchev–Trinajstić information content (AvgIpc) is 2.88. The summed E-state index contributed by atoms with van der Waals surface area (Å²) in [6.45, 7) is 2.39. The molecule has 1 aromatic rings. The number of ether oxygens (including phenoxy) is 1. The summed E-state index contributed by atoms with van der Waals surface area (Å²) in [7, 11) is 0. The zero-order valence-electron chi connectivity index (χ0n) is 11.0. The Hall–Kier alpha value is -1.60. The topological polar surface area (TPSA) is 96.9 Å². The lowest BCUT2D eigenvalue weighted by Crippen LogP contribution is -2.39. The fourth-order valence-corrected chi connectivity index (χ4v) is 2.52.